The van der Waals surface area contributed by atoms with Crippen molar-refractivity contribution in [1.29, 1.82) is 0 Å². The number of hydrogen-bond acceptors (Lipinski definition) is 5. The van der Waals surface area contributed by atoms with Gasteiger partial charge in [0.15, 0.2) is 0 Å². The van der Waals surface area contributed by atoms with Gasteiger partial charge in [0.2, 0.25) is 5.89 Å². The molecule has 0 amide bonds. The maximum absolute atomic E-state index is 5.76. The number of aromatic nitrogens is 1. The Kier molecular flexibility index (Phi) is 3.68. The van der Waals surface area contributed by atoms with Gasteiger partial charge in [0.1, 0.15) is 5.76 Å². The SMILES string of the molecule is Cc1oc(-c2cccs2)nc1CN(C)[C@@H]1CCOC1. The highest BCUT2D eigenvalue weighted by atomic mass is 32.1. The highest BCUT2D eigenvalue weighted by Gasteiger charge is 2.22. The van der Waals surface area contributed by atoms with Gasteiger partial charge < -0.3 is 9.15 Å². The van der Waals surface area contributed by atoms with Gasteiger partial charge in [-0.25, -0.2) is 4.98 Å². The fraction of sp³-hybridized carbons (Fsp3) is 0.500. The van der Waals surface area contributed by atoms with Crippen molar-refractivity contribution in [3.05, 3.63) is 29.0 Å². The molecule has 0 bridgehead atoms. The summed E-state index contributed by atoms with van der Waals surface area (Å²) in [4.78, 5) is 8.01. The van der Waals surface area contributed by atoms with Gasteiger partial charge in [-0.3, -0.25) is 4.90 Å². The monoisotopic (exact) mass is 278 g/mol. The molecule has 0 unspecified atom stereocenters. The van der Waals surface area contributed by atoms with Crippen molar-refractivity contribution >= 4 is 11.3 Å². The lowest BCUT2D eigenvalue weighted by atomic mass is 10.2. The van der Waals surface area contributed by atoms with E-state index in [4.69, 9.17) is 9.15 Å². The molecule has 0 spiro atoms. The molecule has 102 valence electrons. The highest BCUT2D eigenvalue weighted by Crippen LogP contribution is 2.26. The molecule has 2 aromatic heterocycles. The Morgan fingerprint density at radius 1 is 1.53 bits per heavy atom. The zero-order valence-corrected chi connectivity index (χ0v) is 12.1. The van der Waals surface area contributed by atoms with Crippen LogP contribution >= 0.6 is 11.3 Å². The van der Waals surface area contributed by atoms with Crippen LogP contribution in [-0.4, -0.2) is 36.2 Å². The lowest BCUT2D eigenvalue weighted by Gasteiger charge is -2.21. The molecular weight excluding hydrogens is 260 g/mol. The highest BCUT2D eigenvalue weighted by molar-refractivity contribution is 7.13. The van der Waals surface area contributed by atoms with Crippen LogP contribution in [0.2, 0.25) is 0 Å². The van der Waals surface area contributed by atoms with Gasteiger partial charge in [-0.2, -0.15) is 0 Å². The molecule has 1 aliphatic rings. The normalized spacial score (nSPS) is 19.4. The van der Waals surface area contributed by atoms with E-state index in [1.54, 1.807) is 11.3 Å². The molecule has 5 heteroatoms. The first-order chi connectivity index (χ1) is 9.24. The summed E-state index contributed by atoms with van der Waals surface area (Å²) in [7, 11) is 2.12. The number of rotatable bonds is 4. The molecule has 0 N–H and O–H groups in total. The second-order valence-electron chi connectivity index (χ2n) is 4.93. The summed E-state index contributed by atoms with van der Waals surface area (Å²) in [5.74, 6) is 1.65. The quantitative estimate of drug-likeness (QED) is 0.862. The van der Waals surface area contributed by atoms with Crippen LogP contribution < -0.4 is 0 Å². The molecule has 4 nitrogen and oxygen atoms in total. The fourth-order valence-electron chi connectivity index (χ4n) is 2.32. The standard InChI is InChI=1S/C14H18N2O2S/c1-10-12(8-16(2)11-5-6-17-9-11)15-14(18-10)13-4-3-7-19-13/h3-4,7,11H,5-6,8-9H2,1-2H3/t11-/m1/s1. The lowest BCUT2D eigenvalue weighted by molar-refractivity contribution is 0.155. The topological polar surface area (TPSA) is 38.5 Å². The van der Waals surface area contributed by atoms with Crippen molar-refractivity contribution in [3.8, 4) is 10.8 Å². The third kappa shape index (κ3) is 2.73. The van der Waals surface area contributed by atoms with Crippen LogP contribution in [0.5, 0.6) is 0 Å². The van der Waals surface area contributed by atoms with E-state index in [9.17, 15) is 0 Å². The van der Waals surface area contributed by atoms with Crippen LogP contribution in [-0.2, 0) is 11.3 Å². The molecule has 19 heavy (non-hydrogen) atoms. The maximum Gasteiger partial charge on any atom is 0.236 e. The summed E-state index contributed by atoms with van der Waals surface area (Å²) >= 11 is 1.65. The summed E-state index contributed by atoms with van der Waals surface area (Å²) in [6.07, 6.45) is 1.10. The summed E-state index contributed by atoms with van der Waals surface area (Å²) in [5, 5.41) is 2.04. The number of hydrogen-bond donors (Lipinski definition) is 0. The van der Waals surface area contributed by atoms with Crippen LogP contribution in [0.4, 0.5) is 0 Å². The first-order valence-corrected chi connectivity index (χ1v) is 7.40. The van der Waals surface area contributed by atoms with Crippen molar-refractivity contribution in [1.82, 2.24) is 9.88 Å². The van der Waals surface area contributed by atoms with Crippen LogP contribution in [0.1, 0.15) is 17.9 Å². The second kappa shape index (κ2) is 5.45. The average Bonchev–Trinajstić information content (AvgIpc) is 3.09. The Bertz CT molecular complexity index is 530. The summed E-state index contributed by atoms with van der Waals surface area (Å²) in [6, 6.07) is 4.55. The first-order valence-electron chi connectivity index (χ1n) is 6.52. The molecule has 1 aliphatic heterocycles. The number of aryl methyl sites for hydroxylation is 1. The molecule has 0 aliphatic carbocycles. The third-order valence-electron chi connectivity index (χ3n) is 3.55. The molecule has 1 saturated heterocycles. The summed E-state index contributed by atoms with van der Waals surface area (Å²) in [6.45, 7) is 4.49. The van der Waals surface area contributed by atoms with Gasteiger partial charge in [-0.1, -0.05) is 6.07 Å². The number of likely N-dealkylation sites (N-methyl/N-ethyl adjacent to an activating group) is 1. The smallest absolute Gasteiger partial charge is 0.236 e. The number of oxazole rings is 1. The Hall–Kier alpha value is -1.17. The van der Waals surface area contributed by atoms with E-state index in [0.717, 1.165) is 48.4 Å². The molecule has 0 aromatic carbocycles. The van der Waals surface area contributed by atoms with Gasteiger partial charge in [0.05, 0.1) is 17.2 Å². The van der Waals surface area contributed by atoms with E-state index in [1.807, 2.05) is 24.4 Å². The van der Waals surface area contributed by atoms with Crippen molar-refractivity contribution in [2.75, 3.05) is 20.3 Å². The van der Waals surface area contributed by atoms with E-state index in [2.05, 4.69) is 16.9 Å². The van der Waals surface area contributed by atoms with Gasteiger partial charge >= 0.3 is 0 Å². The molecule has 0 saturated carbocycles. The Morgan fingerprint density at radius 2 is 2.42 bits per heavy atom. The second-order valence-corrected chi connectivity index (χ2v) is 5.88. The average molecular weight is 278 g/mol. The van der Waals surface area contributed by atoms with E-state index >= 15 is 0 Å². The van der Waals surface area contributed by atoms with Gasteiger partial charge in [0, 0.05) is 19.2 Å². The molecule has 1 atom stereocenters. The van der Waals surface area contributed by atoms with Gasteiger partial charge in [0.25, 0.3) is 0 Å². The Balaban J connectivity index is 1.74. The van der Waals surface area contributed by atoms with Gasteiger partial charge in [-0.05, 0) is 31.8 Å². The lowest BCUT2D eigenvalue weighted by Crippen LogP contribution is -2.31. The van der Waals surface area contributed by atoms with Crippen molar-refractivity contribution < 1.29 is 9.15 Å². The Labute approximate surface area is 117 Å². The maximum atomic E-state index is 5.76. The zero-order chi connectivity index (χ0) is 13.2. The van der Waals surface area contributed by atoms with Crippen molar-refractivity contribution in [3.63, 3.8) is 0 Å². The summed E-state index contributed by atoms with van der Waals surface area (Å²) in [5.41, 5.74) is 1.03. The van der Waals surface area contributed by atoms with E-state index in [-0.39, 0.29) is 0 Å². The fourth-order valence-corrected chi connectivity index (χ4v) is 2.96. The minimum absolute atomic E-state index is 0.501. The number of ether oxygens (including phenoxy) is 1. The predicted molar refractivity (Wildman–Crippen MR) is 75.2 cm³/mol. The Morgan fingerprint density at radius 3 is 3.11 bits per heavy atom. The molecular formula is C14H18N2O2S. The molecule has 3 heterocycles. The zero-order valence-electron chi connectivity index (χ0n) is 11.3. The van der Waals surface area contributed by atoms with E-state index in [1.165, 1.54) is 0 Å². The molecule has 1 fully saturated rings. The van der Waals surface area contributed by atoms with Crippen LogP contribution in [0.25, 0.3) is 10.8 Å². The van der Waals surface area contributed by atoms with Gasteiger partial charge in [-0.15, -0.1) is 11.3 Å². The summed E-state index contributed by atoms with van der Waals surface area (Å²) < 4.78 is 11.2. The van der Waals surface area contributed by atoms with Crippen LogP contribution in [0.3, 0.4) is 0 Å². The minimum Gasteiger partial charge on any atom is -0.440 e. The van der Waals surface area contributed by atoms with Crippen LogP contribution in [0, 0.1) is 6.92 Å². The largest absolute Gasteiger partial charge is 0.440 e. The van der Waals surface area contributed by atoms with E-state index < -0.39 is 0 Å². The minimum atomic E-state index is 0.501. The van der Waals surface area contributed by atoms with Crippen LogP contribution in [0.15, 0.2) is 21.9 Å². The third-order valence-corrected chi connectivity index (χ3v) is 4.41. The number of thiophene rings is 1. The van der Waals surface area contributed by atoms with E-state index in [0.29, 0.717) is 6.04 Å². The van der Waals surface area contributed by atoms with Crippen molar-refractivity contribution in [2.45, 2.75) is 25.9 Å². The number of nitrogens with zero attached hydrogens (tertiary/aromatic N) is 2. The molecule has 0 radical (unpaired) electrons. The molecule has 3 rings (SSSR count). The molecule has 2 aromatic rings. The first kappa shape index (κ1) is 12.8. The van der Waals surface area contributed by atoms with Crippen molar-refractivity contribution in [2.24, 2.45) is 0 Å². The predicted octanol–water partition coefficient (Wildman–Crippen LogP) is 2.93.